The summed E-state index contributed by atoms with van der Waals surface area (Å²) in [6.07, 6.45) is 0. The minimum absolute atomic E-state index is 0.101. The van der Waals surface area contributed by atoms with E-state index in [1.165, 1.54) is 4.90 Å². The first-order chi connectivity index (χ1) is 8.74. The lowest BCUT2D eigenvalue weighted by atomic mass is 9.98. The van der Waals surface area contributed by atoms with Crippen LogP contribution in [-0.2, 0) is 4.79 Å². The van der Waals surface area contributed by atoms with Crippen LogP contribution in [0.5, 0.6) is 0 Å². The Morgan fingerprint density at radius 2 is 1.78 bits per heavy atom. The van der Waals surface area contributed by atoms with Crippen molar-refractivity contribution in [2.45, 2.75) is 5.92 Å². The topological polar surface area (TPSA) is 93.9 Å². The lowest BCUT2D eigenvalue weighted by Crippen LogP contribution is -2.38. The van der Waals surface area contributed by atoms with Gasteiger partial charge in [-0.3, -0.25) is 4.79 Å². The molecule has 18 heavy (non-hydrogen) atoms. The molecule has 2 N–H and O–H groups in total. The lowest BCUT2D eigenvalue weighted by molar-refractivity contribution is -0.131. The van der Waals surface area contributed by atoms with E-state index in [0.29, 0.717) is 0 Å². The maximum Gasteiger partial charge on any atom is 0.233 e. The molecule has 5 heteroatoms. The first kappa shape index (κ1) is 13.7. The van der Waals surface area contributed by atoms with E-state index >= 15 is 0 Å². The predicted octanol–water partition coefficient (Wildman–Crippen LogP) is 0.605. The van der Waals surface area contributed by atoms with Crippen molar-refractivity contribution < 1.29 is 4.79 Å². The standard InChI is InChI=1S/C13H14N4O/c14-6-8-17(9-7-15)13(18)12(10-16)11-4-2-1-3-5-11/h1-5,12H,8-10,16H2. The molecule has 1 aromatic rings. The SMILES string of the molecule is N#CCN(CC#N)C(=O)C(CN)c1ccccc1. The molecular weight excluding hydrogens is 228 g/mol. The second kappa shape index (κ2) is 7.05. The van der Waals surface area contributed by atoms with Crippen molar-refractivity contribution in [1.29, 1.82) is 10.5 Å². The summed E-state index contributed by atoms with van der Waals surface area (Å²) < 4.78 is 0. The van der Waals surface area contributed by atoms with Crippen molar-refractivity contribution in [3.8, 4) is 12.1 Å². The molecule has 1 aromatic carbocycles. The number of nitriles is 2. The third-order valence-corrected chi connectivity index (χ3v) is 2.57. The summed E-state index contributed by atoms with van der Waals surface area (Å²) in [5.74, 6) is -0.792. The van der Waals surface area contributed by atoms with Crippen LogP contribution in [0.4, 0.5) is 0 Å². The summed E-state index contributed by atoms with van der Waals surface area (Å²) in [6, 6.07) is 12.9. The Labute approximate surface area is 106 Å². The monoisotopic (exact) mass is 242 g/mol. The van der Waals surface area contributed by atoms with Crippen LogP contribution in [0, 0.1) is 22.7 Å². The third kappa shape index (κ3) is 3.31. The molecule has 1 amide bonds. The van der Waals surface area contributed by atoms with Gasteiger partial charge in [0.2, 0.25) is 5.91 Å². The van der Waals surface area contributed by atoms with Gasteiger partial charge in [0.15, 0.2) is 0 Å². The maximum atomic E-state index is 12.2. The molecule has 92 valence electrons. The molecule has 0 saturated heterocycles. The van der Waals surface area contributed by atoms with Crippen molar-refractivity contribution in [3.63, 3.8) is 0 Å². The van der Waals surface area contributed by atoms with Gasteiger partial charge in [0, 0.05) is 6.54 Å². The minimum atomic E-state index is -0.507. The predicted molar refractivity (Wildman–Crippen MR) is 66.0 cm³/mol. The molecule has 0 fully saturated rings. The number of rotatable bonds is 5. The summed E-state index contributed by atoms with van der Waals surface area (Å²) in [4.78, 5) is 13.4. The molecule has 0 aromatic heterocycles. The zero-order valence-electron chi connectivity index (χ0n) is 9.91. The zero-order chi connectivity index (χ0) is 13.4. The van der Waals surface area contributed by atoms with Crippen LogP contribution in [0.2, 0.25) is 0 Å². The molecule has 0 aliphatic rings. The molecule has 5 nitrogen and oxygen atoms in total. The molecule has 1 unspecified atom stereocenters. The van der Waals surface area contributed by atoms with Gasteiger partial charge in [0.1, 0.15) is 13.1 Å². The molecule has 1 rings (SSSR count). The van der Waals surface area contributed by atoms with Gasteiger partial charge in [-0.2, -0.15) is 10.5 Å². The molecule has 0 aliphatic carbocycles. The number of nitrogens with zero attached hydrogens (tertiary/aromatic N) is 3. The Bertz CT molecular complexity index is 456. The van der Waals surface area contributed by atoms with Gasteiger partial charge in [0.05, 0.1) is 18.1 Å². The normalized spacial score (nSPS) is 11.1. The molecule has 0 spiro atoms. The molecular formula is C13H14N4O. The Morgan fingerprint density at radius 1 is 1.22 bits per heavy atom. The zero-order valence-corrected chi connectivity index (χ0v) is 9.91. The van der Waals surface area contributed by atoms with Crippen LogP contribution in [0.25, 0.3) is 0 Å². The van der Waals surface area contributed by atoms with Crippen LogP contribution in [0.1, 0.15) is 11.5 Å². The highest BCUT2D eigenvalue weighted by Gasteiger charge is 2.24. The number of nitrogens with two attached hydrogens (primary N) is 1. The van der Waals surface area contributed by atoms with Crippen LogP contribution in [0.15, 0.2) is 30.3 Å². The van der Waals surface area contributed by atoms with Crippen molar-refractivity contribution in [1.82, 2.24) is 4.90 Å². The third-order valence-electron chi connectivity index (χ3n) is 2.57. The van der Waals surface area contributed by atoms with E-state index in [9.17, 15) is 4.79 Å². The number of benzene rings is 1. The average Bonchev–Trinajstić information content (AvgIpc) is 2.40. The first-order valence-corrected chi connectivity index (χ1v) is 5.52. The van der Waals surface area contributed by atoms with E-state index in [4.69, 9.17) is 16.3 Å². The fraction of sp³-hybridized carbons (Fsp3) is 0.308. The first-order valence-electron chi connectivity index (χ1n) is 5.52. The summed E-state index contributed by atoms with van der Waals surface area (Å²) in [5, 5.41) is 17.3. The van der Waals surface area contributed by atoms with Gasteiger partial charge in [0.25, 0.3) is 0 Å². The molecule has 0 heterocycles. The highest BCUT2D eigenvalue weighted by Crippen LogP contribution is 2.17. The second-order valence-corrected chi connectivity index (χ2v) is 3.71. The lowest BCUT2D eigenvalue weighted by Gasteiger charge is -2.22. The highest BCUT2D eigenvalue weighted by atomic mass is 16.2. The largest absolute Gasteiger partial charge is 0.329 e. The van der Waals surface area contributed by atoms with E-state index in [2.05, 4.69) is 0 Å². The maximum absolute atomic E-state index is 12.2. The number of carbonyl (C=O) groups excluding carboxylic acids is 1. The smallest absolute Gasteiger partial charge is 0.233 e. The van der Waals surface area contributed by atoms with Crippen LogP contribution < -0.4 is 5.73 Å². The molecule has 0 saturated carbocycles. The second-order valence-electron chi connectivity index (χ2n) is 3.71. The molecule has 0 bridgehead atoms. The number of carbonyl (C=O) groups is 1. The fourth-order valence-corrected chi connectivity index (χ4v) is 1.67. The van der Waals surface area contributed by atoms with Crippen LogP contribution >= 0.6 is 0 Å². The Kier molecular flexibility index (Phi) is 5.37. The number of amides is 1. The van der Waals surface area contributed by atoms with Gasteiger partial charge >= 0.3 is 0 Å². The number of hydrogen-bond acceptors (Lipinski definition) is 4. The van der Waals surface area contributed by atoms with Gasteiger partial charge in [-0.15, -0.1) is 0 Å². The van der Waals surface area contributed by atoms with Crippen molar-refractivity contribution in [2.75, 3.05) is 19.6 Å². The fourth-order valence-electron chi connectivity index (χ4n) is 1.67. The summed E-state index contributed by atoms with van der Waals surface area (Å²) in [6.45, 7) is -0.0539. The highest BCUT2D eigenvalue weighted by molar-refractivity contribution is 5.84. The van der Waals surface area contributed by atoms with Crippen molar-refractivity contribution >= 4 is 5.91 Å². The van der Waals surface area contributed by atoms with Gasteiger partial charge in [-0.1, -0.05) is 30.3 Å². The van der Waals surface area contributed by atoms with Crippen molar-refractivity contribution in [2.24, 2.45) is 5.73 Å². The van der Waals surface area contributed by atoms with E-state index in [1.807, 2.05) is 42.5 Å². The van der Waals surface area contributed by atoms with Gasteiger partial charge in [-0.05, 0) is 5.56 Å². The van der Waals surface area contributed by atoms with Crippen LogP contribution in [-0.4, -0.2) is 30.4 Å². The molecule has 0 aliphatic heterocycles. The molecule has 1 atom stereocenters. The van der Waals surface area contributed by atoms with Crippen molar-refractivity contribution in [3.05, 3.63) is 35.9 Å². The average molecular weight is 242 g/mol. The van der Waals surface area contributed by atoms with Crippen LogP contribution in [0.3, 0.4) is 0 Å². The van der Waals surface area contributed by atoms with E-state index < -0.39 is 5.92 Å². The minimum Gasteiger partial charge on any atom is -0.329 e. The summed E-state index contributed by atoms with van der Waals surface area (Å²) in [7, 11) is 0. The van der Waals surface area contributed by atoms with Gasteiger partial charge in [-0.25, -0.2) is 0 Å². The summed E-state index contributed by atoms with van der Waals surface area (Å²) >= 11 is 0. The van der Waals surface area contributed by atoms with E-state index in [0.717, 1.165) is 5.56 Å². The quantitative estimate of drug-likeness (QED) is 0.765. The number of hydrogen-bond donors (Lipinski definition) is 1. The Balaban J connectivity index is 2.92. The summed E-state index contributed by atoms with van der Waals surface area (Å²) in [5.41, 5.74) is 6.42. The van der Waals surface area contributed by atoms with Gasteiger partial charge < -0.3 is 10.6 Å². The van der Waals surface area contributed by atoms with E-state index in [1.54, 1.807) is 0 Å². The Hall–Kier alpha value is -2.37. The van der Waals surface area contributed by atoms with E-state index in [-0.39, 0.29) is 25.5 Å². The molecule has 0 radical (unpaired) electrons. The Morgan fingerprint density at radius 3 is 2.22 bits per heavy atom.